The summed E-state index contributed by atoms with van der Waals surface area (Å²) >= 11 is 0. The first-order chi connectivity index (χ1) is 7.69. The van der Waals surface area contributed by atoms with Crippen molar-refractivity contribution in [3.05, 3.63) is 48.0 Å². The van der Waals surface area contributed by atoms with Gasteiger partial charge in [0, 0.05) is 23.5 Å². The van der Waals surface area contributed by atoms with E-state index in [2.05, 4.69) is 4.98 Å². The van der Waals surface area contributed by atoms with Gasteiger partial charge in [-0.05, 0) is 30.7 Å². The standard InChI is InChI=1S/C13H12FNO/c1-9-3-4-10(8-15-9)11-5-12(14)7-13(6-11)16-2/h3-8H,1-2H3. The maximum atomic E-state index is 13.3. The third kappa shape index (κ3) is 2.19. The molecule has 1 heterocycles. The van der Waals surface area contributed by atoms with Gasteiger partial charge in [-0.15, -0.1) is 0 Å². The summed E-state index contributed by atoms with van der Waals surface area (Å²) < 4.78 is 18.3. The van der Waals surface area contributed by atoms with E-state index in [-0.39, 0.29) is 5.82 Å². The lowest BCUT2D eigenvalue weighted by atomic mass is 10.1. The third-order valence-corrected chi connectivity index (χ3v) is 2.35. The summed E-state index contributed by atoms with van der Waals surface area (Å²) in [6.07, 6.45) is 1.73. The molecule has 0 aliphatic carbocycles. The van der Waals surface area contributed by atoms with Gasteiger partial charge in [-0.25, -0.2) is 4.39 Å². The molecule has 2 nitrogen and oxygen atoms in total. The summed E-state index contributed by atoms with van der Waals surface area (Å²) in [6.45, 7) is 1.91. The van der Waals surface area contributed by atoms with Gasteiger partial charge in [0.2, 0.25) is 0 Å². The Kier molecular flexibility index (Phi) is 2.86. The SMILES string of the molecule is COc1cc(F)cc(-c2ccc(C)nc2)c1. The number of aromatic nitrogens is 1. The zero-order valence-electron chi connectivity index (χ0n) is 9.20. The van der Waals surface area contributed by atoms with Crippen molar-refractivity contribution in [2.75, 3.05) is 7.11 Å². The average Bonchev–Trinajstić information content (AvgIpc) is 2.29. The number of ether oxygens (including phenoxy) is 1. The molecule has 3 heteroatoms. The Hall–Kier alpha value is -1.90. The topological polar surface area (TPSA) is 22.1 Å². The fourth-order valence-corrected chi connectivity index (χ4v) is 1.49. The Bertz CT molecular complexity index is 494. The van der Waals surface area contributed by atoms with Gasteiger partial charge < -0.3 is 4.74 Å². The van der Waals surface area contributed by atoms with Crippen molar-refractivity contribution in [1.82, 2.24) is 4.98 Å². The fraction of sp³-hybridized carbons (Fsp3) is 0.154. The maximum absolute atomic E-state index is 13.3. The molecule has 0 atom stereocenters. The molecule has 2 aromatic rings. The predicted molar refractivity (Wildman–Crippen MR) is 60.9 cm³/mol. The highest BCUT2D eigenvalue weighted by atomic mass is 19.1. The number of halogens is 1. The van der Waals surface area contributed by atoms with Gasteiger partial charge in [0.1, 0.15) is 11.6 Å². The Balaban J connectivity index is 2.47. The zero-order chi connectivity index (χ0) is 11.5. The predicted octanol–water partition coefficient (Wildman–Crippen LogP) is 3.20. The van der Waals surface area contributed by atoms with Crippen molar-refractivity contribution in [2.45, 2.75) is 6.92 Å². The molecular weight excluding hydrogens is 205 g/mol. The van der Waals surface area contributed by atoms with Crippen LogP contribution in [0.1, 0.15) is 5.69 Å². The van der Waals surface area contributed by atoms with Crippen LogP contribution in [0, 0.1) is 12.7 Å². The lowest BCUT2D eigenvalue weighted by Gasteiger charge is -2.05. The fourth-order valence-electron chi connectivity index (χ4n) is 1.49. The Morgan fingerprint density at radius 1 is 1.12 bits per heavy atom. The molecule has 1 aromatic heterocycles. The summed E-state index contributed by atoms with van der Waals surface area (Å²) in [7, 11) is 1.52. The minimum atomic E-state index is -0.310. The highest BCUT2D eigenvalue weighted by Crippen LogP contribution is 2.24. The third-order valence-electron chi connectivity index (χ3n) is 2.35. The van der Waals surface area contributed by atoms with E-state index < -0.39 is 0 Å². The number of rotatable bonds is 2. The molecule has 0 fully saturated rings. The van der Waals surface area contributed by atoms with E-state index in [9.17, 15) is 4.39 Å². The molecule has 0 spiro atoms. The smallest absolute Gasteiger partial charge is 0.127 e. The van der Waals surface area contributed by atoms with Crippen molar-refractivity contribution >= 4 is 0 Å². The van der Waals surface area contributed by atoms with Gasteiger partial charge in [-0.2, -0.15) is 0 Å². The number of benzene rings is 1. The van der Waals surface area contributed by atoms with Crippen LogP contribution in [-0.4, -0.2) is 12.1 Å². The molecule has 0 aliphatic heterocycles. The Morgan fingerprint density at radius 3 is 2.56 bits per heavy atom. The molecule has 0 unspecified atom stereocenters. The van der Waals surface area contributed by atoms with Crippen LogP contribution in [0.25, 0.3) is 11.1 Å². The number of aryl methyl sites for hydroxylation is 1. The first-order valence-corrected chi connectivity index (χ1v) is 4.96. The van der Waals surface area contributed by atoms with Crippen molar-refractivity contribution in [3.63, 3.8) is 0 Å². The van der Waals surface area contributed by atoms with Gasteiger partial charge in [0.15, 0.2) is 0 Å². The van der Waals surface area contributed by atoms with E-state index in [0.717, 1.165) is 16.8 Å². The van der Waals surface area contributed by atoms with E-state index >= 15 is 0 Å². The van der Waals surface area contributed by atoms with Gasteiger partial charge in [0.05, 0.1) is 7.11 Å². The first-order valence-electron chi connectivity index (χ1n) is 4.96. The second-order valence-corrected chi connectivity index (χ2v) is 3.57. The Labute approximate surface area is 93.7 Å². The highest BCUT2D eigenvalue weighted by Gasteiger charge is 2.03. The van der Waals surface area contributed by atoms with Crippen LogP contribution in [-0.2, 0) is 0 Å². The monoisotopic (exact) mass is 217 g/mol. The molecule has 0 aliphatic rings. The minimum absolute atomic E-state index is 0.310. The van der Waals surface area contributed by atoms with Gasteiger partial charge >= 0.3 is 0 Å². The van der Waals surface area contributed by atoms with Crippen LogP contribution in [0.4, 0.5) is 4.39 Å². The maximum Gasteiger partial charge on any atom is 0.127 e. The normalized spacial score (nSPS) is 10.2. The van der Waals surface area contributed by atoms with Crippen molar-refractivity contribution < 1.29 is 9.13 Å². The number of methoxy groups -OCH3 is 1. The van der Waals surface area contributed by atoms with Crippen LogP contribution in [0.15, 0.2) is 36.5 Å². The first kappa shape index (κ1) is 10.6. The molecular formula is C13H12FNO. The molecule has 0 saturated heterocycles. The molecule has 0 N–H and O–H groups in total. The highest BCUT2D eigenvalue weighted by molar-refractivity contribution is 5.64. The van der Waals surface area contributed by atoms with Crippen molar-refractivity contribution in [3.8, 4) is 16.9 Å². The molecule has 0 amide bonds. The van der Waals surface area contributed by atoms with E-state index in [1.54, 1.807) is 12.3 Å². The average molecular weight is 217 g/mol. The second-order valence-electron chi connectivity index (χ2n) is 3.57. The molecule has 16 heavy (non-hydrogen) atoms. The van der Waals surface area contributed by atoms with Crippen LogP contribution in [0.5, 0.6) is 5.75 Å². The summed E-state index contributed by atoms with van der Waals surface area (Å²) in [5.74, 6) is 0.200. The Morgan fingerprint density at radius 2 is 1.94 bits per heavy atom. The van der Waals surface area contributed by atoms with E-state index in [0.29, 0.717) is 5.75 Å². The van der Waals surface area contributed by atoms with E-state index in [1.165, 1.54) is 19.2 Å². The molecule has 0 bridgehead atoms. The molecule has 0 radical (unpaired) electrons. The minimum Gasteiger partial charge on any atom is -0.497 e. The van der Waals surface area contributed by atoms with Crippen LogP contribution in [0.2, 0.25) is 0 Å². The van der Waals surface area contributed by atoms with E-state index in [4.69, 9.17) is 4.74 Å². The van der Waals surface area contributed by atoms with Crippen molar-refractivity contribution in [1.29, 1.82) is 0 Å². The largest absolute Gasteiger partial charge is 0.497 e. The van der Waals surface area contributed by atoms with Gasteiger partial charge in [-0.1, -0.05) is 6.07 Å². The van der Waals surface area contributed by atoms with Gasteiger partial charge in [0.25, 0.3) is 0 Å². The molecule has 2 rings (SSSR count). The summed E-state index contributed by atoms with van der Waals surface area (Å²) in [6, 6.07) is 8.42. The lowest BCUT2D eigenvalue weighted by molar-refractivity contribution is 0.411. The van der Waals surface area contributed by atoms with E-state index in [1.807, 2.05) is 19.1 Å². The quantitative estimate of drug-likeness (QED) is 0.770. The summed E-state index contributed by atoms with van der Waals surface area (Å²) in [5, 5.41) is 0. The summed E-state index contributed by atoms with van der Waals surface area (Å²) in [5.41, 5.74) is 2.58. The molecule has 0 saturated carbocycles. The van der Waals surface area contributed by atoms with Gasteiger partial charge in [-0.3, -0.25) is 4.98 Å². The zero-order valence-corrected chi connectivity index (χ0v) is 9.20. The van der Waals surface area contributed by atoms with Crippen molar-refractivity contribution in [2.24, 2.45) is 0 Å². The lowest BCUT2D eigenvalue weighted by Crippen LogP contribution is -1.88. The second kappa shape index (κ2) is 4.31. The summed E-state index contributed by atoms with van der Waals surface area (Å²) in [4.78, 5) is 4.18. The molecule has 1 aromatic carbocycles. The van der Waals surface area contributed by atoms with Crippen LogP contribution in [0.3, 0.4) is 0 Å². The number of hydrogen-bond donors (Lipinski definition) is 0. The number of pyridine rings is 1. The number of nitrogens with zero attached hydrogens (tertiary/aromatic N) is 1. The number of hydrogen-bond acceptors (Lipinski definition) is 2. The van der Waals surface area contributed by atoms with Crippen LogP contribution >= 0.6 is 0 Å². The van der Waals surface area contributed by atoms with Crippen LogP contribution < -0.4 is 4.74 Å². The molecule has 82 valence electrons.